The van der Waals surface area contributed by atoms with E-state index in [2.05, 4.69) is 10.6 Å². The summed E-state index contributed by atoms with van der Waals surface area (Å²) < 4.78 is 39.0. The van der Waals surface area contributed by atoms with Gasteiger partial charge in [-0.3, -0.25) is 9.59 Å². The molecule has 2 N–H and O–H groups in total. The van der Waals surface area contributed by atoms with E-state index in [1.165, 1.54) is 16.4 Å². The van der Waals surface area contributed by atoms with Crippen molar-refractivity contribution in [1.82, 2.24) is 4.31 Å². The fraction of sp³-hybridized carbons (Fsp3) is 0.417. The number of sulfonamides is 1. The third-order valence-corrected chi connectivity index (χ3v) is 7.94. The topological polar surface area (TPSA) is 114 Å². The number of amides is 2. The van der Waals surface area contributed by atoms with Crippen molar-refractivity contribution in [2.75, 3.05) is 30.3 Å². The van der Waals surface area contributed by atoms with Crippen LogP contribution in [0.2, 0.25) is 0 Å². The van der Waals surface area contributed by atoms with Crippen molar-refractivity contribution in [2.45, 2.75) is 44.1 Å². The van der Waals surface area contributed by atoms with Crippen LogP contribution in [0.4, 0.5) is 11.4 Å². The van der Waals surface area contributed by atoms with Gasteiger partial charge in [-0.2, -0.15) is 4.31 Å². The molecule has 1 fully saturated rings. The maximum Gasteiger partial charge on any atom is 0.265 e. The van der Waals surface area contributed by atoms with E-state index in [-0.39, 0.29) is 35.7 Å². The summed E-state index contributed by atoms with van der Waals surface area (Å²) in [5, 5.41) is 5.64. The number of ether oxygens (including phenoxy) is 2. The number of rotatable bonds is 7. The first-order chi connectivity index (χ1) is 16.3. The summed E-state index contributed by atoms with van der Waals surface area (Å²) in [5.41, 5.74) is 0.950. The Morgan fingerprint density at radius 1 is 1.18 bits per heavy atom. The Bertz CT molecular complexity index is 1170. The molecule has 0 radical (unpaired) electrons. The van der Waals surface area contributed by atoms with Gasteiger partial charge in [-0.05, 0) is 56.5 Å². The van der Waals surface area contributed by atoms with Crippen LogP contribution < -0.4 is 20.1 Å². The molecule has 0 unspecified atom stereocenters. The van der Waals surface area contributed by atoms with Gasteiger partial charge in [0.2, 0.25) is 15.9 Å². The zero-order chi connectivity index (χ0) is 24.3. The molecule has 0 saturated carbocycles. The first kappa shape index (κ1) is 24.0. The van der Waals surface area contributed by atoms with Crippen molar-refractivity contribution >= 4 is 33.2 Å². The summed E-state index contributed by atoms with van der Waals surface area (Å²) in [6.45, 7) is 4.66. The molecule has 2 aliphatic heterocycles. The van der Waals surface area contributed by atoms with Crippen LogP contribution in [0.15, 0.2) is 47.4 Å². The number of hydrogen-bond donors (Lipinski definition) is 2. The van der Waals surface area contributed by atoms with Crippen LogP contribution in [0.3, 0.4) is 0 Å². The Balaban J connectivity index is 1.41. The van der Waals surface area contributed by atoms with Gasteiger partial charge < -0.3 is 20.1 Å². The number of anilines is 2. The van der Waals surface area contributed by atoms with Crippen molar-refractivity contribution in [2.24, 2.45) is 5.92 Å². The second-order valence-corrected chi connectivity index (χ2v) is 10.2. The number of nitrogens with one attached hydrogen (secondary N) is 2. The number of hydrogen-bond acceptors (Lipinski definition) is 6. The van der Waals surface area contributed by atoms with Gasteiger partial charge in [0.1, 0.15) is 11.5 Å². The number of fused-ring (bicyclic) bond motifs is 1. The number of carbonyl (C=O) groups is 2. The highest BCUT2D eigenvalue weighted by molar-refractivity contribution is 7.89. The first-order valence-corrected chi connectivity index (χ1v) is 12.9. The molecular weight excluding hydrogens is 458 g/mol. The number of piperidine rings is 1. The van der Waals surface area contributed by atoms with Gasteiger partial charge in [-0.25, -0.2) is 8.42 Å². The Hall–Kier alpha value is -3.11. The van der Waals surface area contributed by atoms with Crippen LogP contribution >= 0.6 is 0 Å². The van der Waals surface area contributed by atoms with E-state index in [4.69, 9.17) is 9.47 Å². The van der Waals surface area contributed by atoms with Gasteiger partial charge in [-0.1, -0.05) is 19.1 Å². The Morgan fingerprint density at radius 3 is 2.62 bits per heavy atom. The molecule has 2 aliphatic rings. The summed E-state index contributed by atoms with van der Waals surface area (Å²) in [6.07, 6.45) is 0.751. The van der Waals surface area contributed by atoms with E-state index in [1.807, 2.05) is 26.0 Å². The minimum Gasteiger partial charge on any atom is -0.492 e. The molecule has 10 heteroatoms. The minimum atomic E-state index is -3.78. The zero-order valence-electron chi connectivity index (χ0n) is 19.2. The largest absolute Gasteiger partial charge is 0.492 e. The molecule has 2 aromatic rings. The van der Waals surface area contributed by atoms with E-state index in [9.17, 15) is 18.0 Å². The number of nitrogens with zero attached hydrogens (tertiary/aromatic N) is 1. The average molecular weight is 488 g/mol. The van der Waals surface area contributed by atoms with E-state index in [0.717, 1.165) is 0 Å². The van der Waals surface area contributed by atoms with Gasteiger partial charge in [0.05, 0.1) is 22.9 Å². The van der Waals surface area contributed by atoms with E-state index < -0.39 is 16.1 Å². The Labute approximate surface area is 199 Å². The second kappa shape index (κ2) is 10.0. The van der Waals surface area contributed by atoms with Crippen LogP contribution in [0.1, 0.15) is 33.1 Å². The third-order valence-electron chi connectivity index (χ3n) is 6.05. The highest BCUT2D eigenvalue weighted by atomic mass is 32.2. The molecule has 182 valence electrons. The van der Waals surface area contributed by atoms with Crippen LogP contribution in [-0.2, 0) is 19.6 Å². The molecule has 1 atom stereocenters. The van der Waals surface area contributed by atoms with Crippen molar-refractivity contribution in [3.05, 3.63) is 42.5 Å². The summed E-state index contributed by atoms with van der Waals surface area (Å²) in [6, 6.07) is 11.7. The lowest BCUT2D eigenvalue weighted by Gasteiger charge is -2.31. The second-order valence-electron chi connectivity index (χ2n) is 8.26. The average Bonchev–Trinajstić information content (AvgIpc) is 2.84. The summed E-state index contributed by atoms with van der Waals surface area (Å²) in [5.74, 6) is 0.314. The van der Waals surface area contributed by atoms with Gasteiger partial charge in [0.15, 0.2) is 6.10 Å². The van der Waals surface area contributed by atoms with E-state index in [0.29, 0.717) is 48.7 Å². The zero-order valence-corrected chi connectivity index (χ0v) is 20.1. The van der Waals surface area contributed by atoms with Crippen LogP contribution in [-0.4, -0.2) is 50.3 Å². The lowest BCUT2D eigenvalue weighted by Crippen LogP contribution is -2.41. The number of para-hydroxylation sites is 2. The molecule has 2 amide bonds. The van der Waals surface area contributed by atoms with E-state index >= 15 is 0 Å². The summed E-state index contributed by atoms with van der Waals surface area (Å²) >= 11 is 0. The minimum absolute atomic E-state index is 0.0821. The lowest BCUT2D eigenvalue weighted by atomic mass is 9.97. The lowest BCUT2D eigenvalue weighted by molar-refractivity contribution is -0.123. The third kappa shape index (κ3) is 4.88. The molecule has 0 bridgehead atoms. The fourth-order valence-corrected chi connectivity index (χ4v) is 5.65. The SMILES string of the molecule is CCOc1ccccc1NC(=O)C1CCN(S(=O)(=O)c2ccc3c(c2)NC(=O)[C@@H](CC)O3)CC1. The Morgan fingerprint density at radius 2 is 1.91 bits per heavy atom. The number of benzene rings is 2. The van der Waals surface area contributed by atoms with Gasteiger partial charge >= 0.3 is 0 Å². The molecule has 1 saturated heterocycles. The normalized spacial score (nSPS) is 19.0. The van der Waals surface area contributed by atoms with Gasteiger partial charge in [0.25, 0.3) is 5.91 Å². The molecule has 9 nitrogen and oxygen atoms in total. The van der Waals surface area contributed by atoms with Crippen LogP contribution in [0.25, 0.3) is 0 Å². The van der Waals surface area contributed by atoms with Crippen molar-refractivity contribution in [3.63, 3.8) is 0 Å². The highest BCUT2D eigenvalue weighted by Crippen LogP contribution is 2.34. The molecule has 0 aliphatic carbocycles. The van der Waals surface area contributed by atoms with Crippen molar-refractivity contribution in [1.29, 1.82) is 0 Å². The monoisotopic (exact) mass is 487 g/mol. The van der Waals surface area contributed by atoms with Gasteiger partial charge in [-0.15, -0.1) is 0 Å². The fourth-order valence-electron chi connectivity index (χ4n) is 4.15. The highest BCUT2D eigenvalue weighted by Gasteiger charge is 2.34. The molecule has 2 heterocycles. The summed E-state index contributed by atoms with van der Waals surface area (Å²) in [4.78, 5) is 25.0. The molecule has 0 aromatic heterocycles. The van der Waals surface area contributed by atoms with Gasteiger partial charge in [0, 0.05) is 19.0 Å². The van der Waals surface area contributed by atoms with Crippen molar-refractivity contribution in [3.8, 4) is 11.5 Å². The van der Waals surface area contributed by atoms with Crippen LogP contribution in [0, 0.1) is 5.92 Å². The van der Waals surface area contributed by atoms with E-state index in [1.54, 1.807) is 18.2 Å². The Kier molecular flexibility index (Phi) is 7.08. The molecule has 34 heavy (non-hydrogen) atoms. The van der Waals surface area contributed by atoms with Crippen LogP contribution in [0.5, 0.6) is 11.5 Å². The number of carbonyl (C=O) groups excluding carboxylic acids is 2. The molecular formula is C24H29N3O6S. The summed E-state index contributed by atoms with van der Waals surface area (Å²) in [7, 11) is -3.78. The predicted molar refractivity (Wildman–Crippen MR) is 128 cm³/mol. The predicted octanol–water partition coefficient (Wildman–Crippen LogP) is 3.23. The first-order valence-electron chi connectivity index (χ1n) is 11.5. The standard InChI is InChI=1S/C24H29N3O6S/c1-3-20-24(29)26-19-15-17(9-10-22(19)33-20)34(30,31)27-13-11-16(12-14-27)23(28)25-18-7-5-6-8-21(18)32-4-2/h5-10,15-16,20H,3-4,11-14H2,1-2H3,(H,25,28)(H,26,29)/t20-/m1/s1. The maximum absolute atomic E-state index is 13.2. The molecule has 4 rings (SSSR count). The maximum atomic E-state index is 13.2. The quantitative estimate of drug-likeness (QED) is 0.620. The molecule has 0 spiro atoms. The van der Waals surface area contributed by atoms with Crippen molar-refractivity contribution < 1.29 is 27.5 Å². The smallest absolute Gasteiger partial charge is 0.265 e. The molecule has 2 aromatic carbocycles.